The molecule has 17 heavy (non-hydrogen) atoms. The Morgan fingerprint density at radius 2 is 2.00 bits per heavy atom. The number of ether oxygens (including phenoxy) is 1. The predicted octanol–water partition coefficient (Wildman–Crippen LogP) is 1.26. The molecule has 0 heterocycles. The van der Waals surface area contributed by atoms with Gasteiger partial charge in [0.2, 0.25) is 11.0 Å². The zero-order valence-electron chi connectivity index (χ0n) is 9.21. The molecular weight excluding hydrogens is 242 g/mol. The summed E-state index contributed by atoms with van der Waals surface area (Å²) in [6, 6.07) is 8.56. The summed E-state index contributed by atoms with van der Waals surface area (Å²) in [6.07, 6.45) is -0.454. The number of hydrogen-bond donors (Lipinski definition) is 3. The summed E-state index contributed by atoms with van der Waals surface area (Å²) in [7, 11) is 0. The molecule has 6 heteroatoms. The molecular formula is C11H13NO4S. The van der Waals surface area contributed by atoms with E-state index in [-0.39, 0.29) is 0 Å². The first-order valence-corrected chi connectivity index (χ1v) is 5.33. The van der Waals surface area contributed by atoms with Gasteiger partial charge in [0, 0.05) is 6.92 Å². The molecule has 0 fully saturated rings. The summed E-state index contributed by atoms with van der Waals surface area (Å²) in [5.74, 6) is -1.11. The molecule has 1 aromatic rings. The topological polar surface area (TPSA) is 75.6 Å². The Hall–Kier alpha value is -1.69. The van der Waals surface area contributed by atoms with Gasteiger partial charge in [0.05, 0.1) is 0 Å². The van der Waals surface area contributed by atoms with Crippen LogP contribution >= 0.6 is 12.6 Å². The normalized spacial score (nSPS) is 13.5. The van der Waals surface area contributed by atoms with Crippen LogP contribution in [0.4, 0.5) is 0 Å². The molecule has 92 valence electrons. The number of carboxylic acids is 1. The number of para-hydroxylation sites is 1. The van der Waals surface area contributed by atoms with Gasteiger partial charge in [0.15, 0.2) is 0 Å². The Kier molecular flexibility index (Phi) is 4.39. The molecule has 1 amide bonds. The minimum Gasteiger partial charge on any atom is -0.481 e. The fourth-order valence-electron chi connectivity index (χ4n) is 1.27. The van der Waals surface area contributed by atoms with E-state index < -0.39 is 23.4 Å². The van der Waals surface area contributed by atoms with Crippen LogP contribution in [0.3, 0.4) is 0 Å². The lowest BCUT2D eigenvalue weighted by atomic mass is 10.3. The second-order valence-electron chi connectivity index (χ2n) is 3.45. The van der Waals surface area contributed by atoms with Crippen molar-refractivity contribution in [2.24, 2.45) is 0 Å². The third-order valence-electron chi connectivity index (χ3n) is 1.79. The van der Waals surface area contributed by atoms with Crippen molar-refractivity contribution in [1.82, 2.24) is 5.32 Å². The Bertz CT molecular complexity index is 391. The third kappa shape index (κ3) is 4.78. The fraction of sp³-hybridized carbons (Fsp3) is 0.273. The second-order valence-corrected chi connectivity index (χ2v) is 4.17. The molecule has 1 atom stereocenters. The zero-order chi connectivity index (χ0) is 12.9. The first-order chi connectivity index (χ1) is 7.91. The number of rotatable bonds is 5. The lowest BCUT2D eigenvalue weighted by Gasteiger charge is -2.28. The Labute approximate surface area is 104 Å². The third-order valence-corrected chi connectivity index (χ3v) is 2.15. The van der Waals surface area contributed by atoms with Gasteiger partial charge in [-0.05, 0) is 12.1 Å². The van der Waals surface area contributed by atoms with Crippen LogP contribution in [0, 0.1) is 0 Å². The van der Waals surface area contributed by atoms with Gasteiger partial charge in [0.25, 0.3) is 0 Å². The van der Waals surface area contributed by atoms with Crippen molar-refractivity contribution in [2.45, 2.75) is 18.4 Å². The summed E-state index contributed by atoms with van der Waals surface area (Å²) < 4.78 is 5.38. The van der Waals surface area contributed by atoms with E-state index in [1.54, 1.807) is 30.3 Å². The lowest BCUT2D eigenvalue weighted by molar-refractivity contribution is -0.140. The van der Waals surface area contributed by atoms with Crippen LogP contribution in [0.5, 0.6) is 5.75 Å². The van der Waals surface area contributed by atoms with Crippen molar-refractivity contribution >= 4 is 24.5 Å². The van der Waals surface area contributed by atoms with Crippen LogP contribution in [0.25, 0.3) is 0 Å². The summed E-state index contributed by atoms with van der Waals surface area (Å²) >= 11 is 4.07. The van der Waals surface area contributed by atoms with Gasteiger partial charge in [-0.1, -0.05) is 18.2 Å². The summed E-state index contributed by atoms with van der Waals surface area (Å²) in [4.78, 5) is 21.7. The number of carbonyl (C=O) groups is 2. The average Bonchev–Trinajstić information content (AvgIpc) is 2.15. The lowest BCUT2D eigenvalue weighted by Crippen LogP contribution is -2.49. The van der Waals surface area contributed by atoms with Crippen LogP contribution in [-0.2, 0) is 9.59 Å². The van der Waals surface area contributed by atoms with Crippen LogP contribution < -0.4 is 10.1 Å². The maximum absolute atomic E-state index is 11.0. The molecule has 1 aromatic carbocycles. The number of benzene rings is 1. The number of thiol groups is 1. The van der Waals surface area contributed by atoms with Crippen LogP contribution in [0.1, 0.15) is 13.3 Å². The molecule has 0 bridgehead atoms. The highest BCUT2D eigenvalue weighted by atomic mass is 32.1. The standard InChI is InChI=1S/C11H13NO4S/c1-8(13)12-11(17,7-10(14)15)16-9-5-3-2-4-6-9/h2-6,17H,7H2,1H3,(H,12,13)(H,14,15). The molecule has 0 aromatic heterocycles. The Morgan fingerprint density at radius 3 is 2.47 bits per heavy atom. The minimum atomic E-state index is -1.56. The van der Waals surface area contributed by atoms with Crippen LogP contribution in [-0.4, -0.2) is 22.0 Å². The fourth-order valence-corrected chi connectivity index (χ4v) is 1.67. The highest BCUT2D eigenvalue weighted by Gasteiger charge is 2.32. The van der Waals surface area contributed by atoms with E-state index in [0.29, 0.717) is 5.75 Å². The van der Waals surface area contributed by atoms with E-state index in [2.05, 4.69) is 17.9 Å². The number of aliphatic carboxylic acids is 1. The van der Waals surface area contributed by atoms with Crippen LogP contribution in [0.15, 0.2) is 30.3 Å². The van der Waals surface area contributed by atoms with Crippen molar-refractivity contribution in [3.8, 4) is 5.75 Å². The van der Waals surface area contributed by atoms with Gasteiger partial charge >= 0.3 is 5.97 Å². The first kappa shape index (κ1) is 13.4. The van der Waals surface area contributed by atoms with Crippen molar-refractivity contribution in [2.75, 3.05) is 0 Å². The summed E-state index contributed by atoms with van der Waals surface area (Å²) in [5.41, 5.74) is 0. The van der Waals surface area contributed by atoms with Gasteiger partial charge in [0.1, 0.15) is 12.2 Å². The molecule has 0 aliphatic heterocycles. The van der Waals surface area contributed by atoms with Gasteiger partial charge in [-0.15, -0.1) is 12.6 Å². The molecule has 0 saturated carbocycles. The van der Waals surface area contributed by atoms with E-state index in [4.69, 9.17) is 9.84 Å². The number of carboxylic acid groups (broad SMARTS) is 1. The monoisotopic (exact) mass is 255 g/mol. The SMILES string of the molecule is CC(=O)NC(S)(CC(=O)O)Oc1ccccc1. The molecule has 0 saturated heterocycles. The molecule has 2 N–H and O–H groups in total. The quantitative estimate of drug-likeness (QED) is 0.547. The van der Waals surface area contributed by atoms with E-state index in [1.165, 1.54) is 6.92 Å². The smallest absolute Gasteiger partial charge is 0.310 e. The largest absolute Gasteiger partial charge is 0.481 e. The maximum Gasteiger partial charge on any atom is 0.310 e. The predicted molar refractivity (Wildman–Crippen MR) is 64.9 cm³/mol. The molecule has 0 radical (unpaired) electrons. The number of amides is 1. The average molecular weight is 255 g/mol. The molecule has 0 spiro atoms. The van der Waals surface area contributed by atoms with E-state index in [9.17, 15) is 9.59 Å². The van der Waals surface area contributed by atoms with E-state index in [1.807, 2.05) is 0 Å². The van der Waals surface area contributed by atoms with E-state index >= 15 is 0 Å². The van der Waals surface area contributed by atoms with Crippen molar-refractivity contribution in [3.05, 3.63) is 30.3 Å². The Morgan fingerprint density at radius 1 is 1.41 bits per heavy atom. The molecule has 0 aliphatic carbocycles. The summed E-state index contributed by atoms with van der Waals surface area (Å²) in [5, 5.41) is 9.56. The van der Waals surface area contributed by atoms with Crippen LogP contribution in [0.2, 0.25) is 0 Å². The Balaban J connectivity index is 2.83. The van der Waals surface area contributed by atoms with E-state index in [0.717, 1.165) is 0 Å². The molecule has 1 unspecified atom stereocenters. The zero-order valence-corrected chi connectivity index (χ0v) is 10.1. The number of nitrogens with one attached hydrogen (secondary N) is 1. The summed E-state index contributed by atoms with van der Waals surface area (Å²) in [6.45, 7) is 1.27. The van der Waals surface area contributed by atoms with Crippen molar-refractivity contribution < 1.29 is 19.4 Å². The molecule has 5 nitrogen and oxygen atoms in total. The van der Waals surface area contributed by atoms with Gasteiger partial charge < -0.3 is 15.2 Å². The highest BCUT2D eigenvalue weighted by molar-refractivity contribution is 7.81. The van der Waals surface area contributed by atoms with Gasteiger partial charge in [-0.25, -0.2) is 0 Å². The first-order valence-electron chi connectivity index (χ1n) is 4.88. The second kappa shape index (κ2) is 5.58. The maximum atomic E-state index is 11.0. The van der Waals surface area contributed by atoms with Gasteiger partial charge in [-0.2, -0.15) is 0 Å². The number of carbonyl (C=O) groups excluding carboxylic acids is 1. The van der Waals surface area contributed by atoms with Crippen molar-refractivity contribution in [1.29, 1.82) is 0 Å². The molecule has 1 rings (SSSR count). The number of hydrogen-bond acceptors (Lipinski definition) is 4. The van der Waals surface area contributed by atoms with Crippen molar-refractivity contribution in [3.63, 3.8) is 0 Å². The highest BCUT2D eigenvalue weighted by Crippen LogP contribution is 2.22. The molecule has 0 aliphatic rings. The minimum absolute atomic E-state index is 0.419. The van der Waals surface area contributed by atoms with Gasteiger partial charge in [-0.3, -0.25) is 9.59 Å².